The van der Waals surface area contributed by atoms with Gasteiger partial charge in [-0.3, -0.25) is 4.79 Å². The lowest BCUT2D eigenvalue weighted by Gasteiger charge is -2.10. The molecule has 0 unspecified atom stereocenters. The highest BCUT2D eigenvalue weighted by molar-refractivity contribution is 5.99. The first-order valence-electron chi connectivity index (χ1n) is 5.15. The van der Waals surface area contributed by atoms with E-state index in [-0.39, 0.29) is 5.78 Å². The van der Waals surface area contributed by atoms with E-state index in [1.54, 1.807) is 12.1 Å². The second-order valence-corrected chi connectivity index (χ2v) is 4.13. The van der Waals surface area contributed by atoms with E-state index < -0.39 is 0 Å². The van der Waals surface area contributed by atoms with Gasteiger partial charge in [0.1, 0.15) is 0 Å². The van der Waals surface area contributed by atoms with Crippen molar-refractivity contribution >= 4 is 17.2 Å². The smallest absolute Gasteiger partial charge is 0.161 e. The number of benzene rings is 1. The Bertz CT molecular complexity index is 359. The van der Waals surface area contributed by atoms with Crippen LogP contribution in [-0.2, 0) is 0 Å². The van der Waals surface area contributed by atoms with E-state index in [2.05, 4.69) is 19.2 Å². The van der Waals surface area contributed by atoms with Crippen LogP contribution in [0.3, 0.4) is 0 Å². The van der Waals surface area contributed by atoms with E-state index in [1.807, 2.05) is 6.07 Å². The summed E-state index contributed by atoms with van der Waals surface area (Å²) < 4.78 is 0. The number of carbonyl (C=O) groups excluding carboxylic acids is 1. The number of hydrogen-bond donors (Lipinski definition) is 2. The lowest BCUT2D eigenvalue weighted by atomic mass is 10.1. The minimum Gasteiger partial charge on any atom is -0.398 e. The van der Waals surface area contributed by atoms with Gasteiger partial charge >= 0.3 is 0 Å². The van der Waals surface area contributed by atoms with Gasteiger partial charge in [-0.1, -0.05) is 13.8 Å². The Hall–Kier alpha value is -1.51. The number of nitrogens with one attached hydrogen (secondary N) is 1. The molecule has 1 rings (SSSR count). The Balaban J connectivity index is 2.78. The number of rotatable bonds is 4. The van der Waals surface area contributed by atoms with Crippen molar-refractivity contribution in [1.29, 1.82) is 0 Å². The molecule has 3 nitrogen and oxygen atoms in total. The van der Waals surface area contributed by atoms with Crippen LogP contribution in [0.15, 0.2) is 18.2 Å². The van der Waals surface area contributed by atoms with Gasteiger partial charge in [-0.05, 0) is 31.0 Å². The van der Waals surface area contributed by atoms with E-state index in [0.717, 1.165) is 12.2 Å². The molecule has 15 heavy (non-hydrogen) atoms. The zero-order chi connectivity index (χ0) is 11.4. The first-order valence-corrected chi connectivity index (χ1v) is 5.15. The predicted octanol–water partition coefficient (Wildman–Crippen LogP) is 2.54. The third-order valence-electron chi connectivity index (χ3n) is 2.15. The van der Waals surface area contributed by atoms with E-state index in [0.29, 0.717) is 17.2 Å². The quantitative estimate of drug-likeness (QED) is 0.588. The molecule has 0 aliphatic carbocycles. The van der Waals surface area contributed by atoms with Gasteiger partial charge in [0.15, 0.2) is 5.78 Å². The zero-order valence-corrected chi connectivity index (χ0v) is 9.50. The van der Waals surface area contributed by atoms with Crippen LogP contribution >= 0.6 is 0 Å². The summed E-state index contributed by atoms with van der Waals surface area (Å²) in [6, 6.07) is 5.45. The van der Waals surface area contributed by atoms with Crippen LogP contribution in [0.1, 0.15) is 31.1 Å². The molecule has 0 aromatic heterocycles. The Morgan fingerprint density at radius 2 is 2.13 bits per heavy atom. The van der Waals surface area contributed by atoms with Crippen LogP contribution in [-0.4, -0.2) is 12.3 Å². The molecule has 0 saturated carbocycles. The molecular formula is C12H18N2O. The van der Waals surface area contributed by atoms with Gasteiger partial charge in [-0.2, -0.15) is 0 Å². The Morgan fingerprint density at radius 3 is 2.60 bits per heavy atom. The van der Waals surface area contributed by atoms with Crippen LogP contribution in [0.4, 0.5) is 11.4 Å². The highest BCUT2D eigenvalue weighted by atomic mass is 16.1. The number of carbonyl (C=O) groups is 1. The van der Waals surface area contributed by atoms with Gasteiger partial charge < -0.3 is 11.1 Å². The van der Waals surface area contributed by atoms with Crippen molar-refractivity contribution < 1.29 is 4.79 Å². The molecule has 1 aromatic rings. The van der Waals surface area contributed by atoms with Crippen LogP contribution in [0.5, 0.6) is 0 Å². The van der Waals surface area contributed by atoms with Gasteiger partial charge in [0.2, 0.25) is 0 Å². The Labute approximate surface area is 90.7 Å². The molecule has 1 aromatic carbocycles. The van der Waals surface area contributed by atoms with Gasteiger partial charge in [-0.15, -0.1) is 0 Å². The molecule has 3 N–H and O–H groups in total. The fraction of sp³-hybridized carbons (Fsp3) is 0.417. The molecule has 0 radical (unpaired) electrons. The Morgan fingerprint density at radius 1 is 1.47 bits per heavy atom. The highest BCUT2D eigenvalue weighted by Crippen LogP contribution is 2.18. The number of Topliss-reactive ketones (excluding diaryl/α,β-unsaturated/α-hetero) is 1. The maximum Gasteiger partial charge on any atom is 0.161 e. The standard InChI is InChI=1S/C12H18N2O/c1-8(2)7-14-10-4-5-11(9(3)15)12(13)6-10/h4-6,8,14H,7,13H2,1-3H3. The summed E-state index contributed by atoms with van der Waals surface area (Å²) in [6.45, 7) is 6.70. The van der Waals surface area contributed by atoms with Crippen molar-refractivity contribution in [2.75, 3.05) is 17.6 Å². The summed E-state index contributed by atoms with van der Waals surface area (Å²) in [5.74, 6) is 0.585. The normalized spacial score (nSPS) is 10.4. The molecule has 0 heterocycles. The van der Waals surface area contributed by atoms with E-state index in [9.17, 15) is 4.79 Å². The summed E-state index contributed by atoms with van der Waals surface area (Å²) in [5, 5.41) is 3.26. The summed E-state index contributed by atoms with van der Waals surface area (Å²) in [4.78, 5) is 11.1. The highest BCUT2D eigenvalue weighted by Gasteiger charge is 2.05. The van der Waals surface area contributed by atoms with E-state index >= 15 is 0 Å². The van der Waals surface area contributed by atoms with Crippen LogP contribution < -0.4 is 11.1 Å². The predicted molar refractivity (Wildman–Crippen MR) is 64.2 cm³/mol. The van der Waals surface area contributed by atoms with E-state index in [1.165, 1.54) is 6.92 Å². The van der Waals surface area contributed by atoms with Gasteiger partial charge in [0.05, 0.1) is 0 Å². The molecule has 0 saturated heterocycles. The monoisotopic (exact) mass is 206 g/mol. The average Bonchev–Trinajstić information content (AvgIpc) is 2.14. The number of hydrogen-bond acceptors (Lipinski definition) is 3. The molecule has 82 valence electrons. The fourth-order valence-electron chi connectivity index (χ4n) is 1.32. The number of nitrogen functional groups attached to an aromatic ring is 1. The first kappa shape index (κ1) is 11.6. The summed E-state index contributed by atoms with van der Waals surface area (Å²) >= 11 is 0. The second-order valence-electron chi connectivity index (χ2n) is 4.13. The zero-order valence-electron chi connectivity index (χ0n) is 9.50. The van der Waals surface area contributed by atoms with Crippen LogP contribution in [0.25, 0.3) is 0 Å². The number of anilines is 2. The molecule has 0 amide bonds. The summed E-state index contributed by atoms with van der Waals surface area (Å²) in [7, 11) is 0. The van der Waals surface area contributed by atoms with Gasteiger partial charge in [0, 0.05) is 23.5 Å². The molecule has 0 bridgehead atoms. The number of nitrogens with two attached hydrogens (primary N) is 1. The Kier molecular flexibility index (Phi) is 3.72. The van der Waals surface area contributed by atoms with Crippen molar-refractivity contribution in [2.24, 2.45) is 5.92 Å². The third-order valence-corrected chi connectivity index (χ3v) is 2.15. The molecule has 0 fully saturated rings. The van der Waals surface area contributed by atoms with Gasteiger partial charge in [-0.25, -0.2) is 0 Å². The maximum absolute atomic E-state index is 11.1. The van der Waals surface area contributed by atoms with Crippen LogP contribution in [0, 0.1) is 5.92 Å². The molecule has 0 aliphatic rings. The molecule has 0 spiro atoms. The molecule has 3 heteroatoms. The van der Waals surface area contributed by atoms with Crippen molar-refractivity contribution in [3.8, 4) is 0 Å². The fourth-order valence-corrected chi connectivity index (χ4v) is 1.32. The summed E-state index contributed by atoms with van der Waals surface area (Å²) in [5.41, 5.74) is 7.86. The third kappa shape index (κ3) is 3.27. The molecule has 0 atom stereocenters. The maximum atomic E-state index is 11.1. The minimum absolute atomic E-state index is 0.00269. The first-order chi connectivity index (χ1) is 7.00. The SMILES string of the molecule is CC(=O)c1ccc(NCC(C)C)cc1N. The topological polar surface area (TPSA) is 55.1 Å². The van der Waals surface area contributed by atoms with Crippen LogP contribution in [0.2, 0.25) is 0 Å². The van der Waals surface area contributed by atoms with Crippen molar-refractivity contribution in [3.05, 3.63) is 23.8 Å². The summed E-state index contributed by atoms with van der Waals surface area (Å²) in [6.07, 6.45) is 0. The van der Waals surface area contributed by atoms with E-state index in [4.69, 9.17) is 5.73 Å². The largest absolute Gasteiger partial charge is 0.398 e. The lowest BCUT2D eigenvalue weighted by molar-refractivity contribution is 0.101. The van der Waals surface area contributed by atoms with Crippen molar-refractivity contribution in [1.82, 2.24) is 0 Å². The van der Waals surface area contributed by atoms with Crippen molar-refractivity contribution in [3.63, 3.8) is 0 Å². The van der Waals surface area contributed by atoms with Crippen molar-refractivity contribution in [2.45, 2.75) is 20.8 Å². The molecule has 0 aliphatic heterocycles. The second kappa shape index (κ2) is 4.82. The van der Waals surface area contributed by atoms with Gasteiger partial charge in [0.25, 0.3) is 0 Å². The minimum atomic E-state index is 0.00269. The average molecular weight is 206 g/mol. The molecular weight excluding hydrogens is 188 g/mol. The lowest BCUT2D eigenvalue weighted by Crippen LogP contribution is -2.09. The number of ketones is 1.